The van der Waals surface area contributed by atoms with Crippen LogP contribution in [0.4, 0.5) is 0 Å². The van der Waals surface area contributed by atoms with E-state index in [1.54, 1.807) is 0 Å². The van der Waals surface area contributed by atoms with E-state index in [1.165, 1.54) is 6.42 Å². The van der Waals surface area contributed by atoms with Gasteiger partial charge in [-0.25, -0.2) is 0 Å². The van der Waals surface area contributed by atoms with E-state index in [2.05, 4.69) is 12.2 Å². The predicted molar refractivity (Wildman–Crippen MR) is 59.6 cm³/mol. The first-order valence-corrected chi connectivity index (χ1v) is 5.90. The van der Waals surface area contributed by atoms with Gasteiger partial charge in [-0.3, -0.25) is 4.79 Å². The molecule has 4 heteroatoms. The summed E-state index contributed by atoms with van der Waals surface area (Å²) in [5.41, 5.74) is 0. The molecule has 1 amide bonds. The fraction of sp³-hybridized carbons (Fsp3) is 0.909. The lowest BCUT2D eigenvalue weighted by Crippen LogP contribution is -2.48. The van der Waals surface area contributed by atoms with Gasteiger partial charge in [-0.05, 0) is 32.2 Å². The highest BCUT2D eigenvalue weighted by Gasteiger charge is 2.27. The van der Waals surface area contributed by atoms with Crippen LogP contribution in [-0.2, 0) is 4.79 Å². The Kier molecular flexibility index (Phi) is 5.65. The first-order chi connectivity index (χ1) is 7.29. The maximum atomic E-state index is 11.8. The van der Waals surface area contributed by atoms with Crippen molar-refractivity contribution >= 4 is 5.91 Å². The summed E-state index contributed by atoms with van der Waals surface area (Å²) in [6.45, 7) is 3.91. The fourth-order valence-electron chi connectivity index (χ4n) is 1.79. The molecule has 88 valence electrons. The van der Waals surface area contributed by atoms with Crippen molar-refractivity contribution in [2.45, 2.75) is 38.6 Å². The lowest BCUT2D eigenvalue weighted by atomic mass is 9.91. The van der Waals surface area contributed by atoms with Gasteiger partial charge in [-0.2, -0.15) is 0 Å². The van der Waals surface area contributed by atoms with Crippen molar-refractivity contribution in [2.75, 3.05) is 26.2 Å². The molecule has 1 aliphatic rings. The molecule has 0 aromatic rings. The van der Waals surface area contributed by atoms with Gasteiger partial charge < -0.3 is 15.3 Å². The summed E-state index contributed by atoms with van der Waals surface area (Å²) in [5, 5.41) is 12.0. The summed E-state index contributed by atoms with van der Waals surface area (Å²) >= 11 is 0. The van der Waals surface area contributed by atoms with Crippen LogP contribution in [-0.4, -0.2) is 48.2 Å². The Morgan fingerprint density at radius 2 is 2.27 bits per heavy atom. The molecule has 2 N–H and O–H groups in total. The third-order valence-electron chi connectivity index (χ3n) is 2.88. The topological polar surface area (TPSA) is 52.6 Å². The van der Waals surface area contributed by atoms with Gasteiger partial charge in [0, 0.05) is 12.6 Å². The minimum absolute atomic E-state index is 0.0655. The standard InChI is InChI=1S/C11H22N2O2/c1-2-6-12-9-11(15)13(7-8-14)10-4-3-5-10/h10,12,14H,2-9H2,1H3. The molecule has 1 rings (SSSR count). The van der Waals surface area contributed by atoms with Gasteiger partial charge in [-0.15, -0.1) is 0 Å². The van der Waals surface area contributed by atoms with Crippen molar-refractivity contribution in [3.63, 3.8) is 0 Å². The van der Waals surface area contributed by atoms with E-state index >= 15 is 0 Å². The predicted octanol–water partition coefficient (Wildman–Crippen LogP) is 0.359. The molecule has 0 saturated heterocycles. The monoisotopic (exact) mass is 214 g/mol. The third kappa shape index (κ3) is 3.80. The molecule has 1 aliphatic carbocycles. The number of rotatable bonds is 7. The van der Waals surface area contributed by atoms with Gasteiger partial charge in [0.05, 0.1) is 13.2 Å². The Bertz CT molecular complexity index is 193. The molecule has 0 bridgehead atoms. The zero-order valence-electron chi connectivity index (χ0n) is 9.54. The Morgan fingerprint density at radius 1 is 1.53 bits per heavy atom. The van der Waals surface area contributed by atoms with Crippen LogP contribution in [0.5, 0.6) is 0 Å². The number of aliphatic hydroxyl groups excluding tert-OH is 1. The highest BCUT2D eigenvalue weighted by molar-refractivity contribution is 5.78. The van der Waals surface area contributed by atoms with Crippen molar-refractivity contribution in [3.05, 3.63) is 0 Å². The maximum Gasteiger partial charge on any atom is 0.236 e. The van der Waals surface area contributed by atoms with E-state index in [9.17, 15) is 4.79 Å². The number of hydrogen-bond acceptors (Lipinski definition) is 3. The van der Waals surface area contributed by atoms with Gasteiger partial charge in [0.15, 0.2) is 0 Å². The van der Waals surface area contributed by atoms with Crippen molar-refractivity contribution in [1.82, 2.24) is 10.2 Å². The number of aliphatic hydroxyl groups is 1. The van der Waals surface area contributed by atoms with Gasteiger partial charge >= 0.3 is 0 Å². The molecule has 0 spiro atoms. The number of nitrogens with one attached hydrogen (secondary N) is 1. The molecule has 15 heavy (non-hydrogen) atoms. The Balaban J connectivity index is 2.29. The van der Waals surface area contributed by atoms with Crippen molar-refractivity contribution in [1.29, 1.82) is 0 Å². The van der Waals surface area contributed by atoms with E-state index in [4.69, 9.17) is 5.11 Å². The van der Waals surface area contributed by atoms with Crippen LogP contribution in [0, 0.1) is 0 Å². The Labute approximate surface area is 91.6 Å². The van der Waals surface area contributed by atoms with Crippen molar-refractivity contribution in [3.8, 4) is 0 Å². The lowest BCUT2D eigenvalue weighted by molar-refractivity contribution is -0.134. The van der Waals surface area contributed by atoms with Crippen LogP contribution in [0.1, 0.15) is 32.6 Å². The molecule has 0 aromatic heterocycles. The van der Waals surface area contributed by atoms with Crippen LogP contribution in [0.15, 0.2) is 0 Å². The Morgan fingerprint density at radius 3 is 2.73 bits per heavy atom. The number of amides is 1. The number of carbonyl (C=O) groups is 1. The highest BCUT2D eigenvalue weighted by atomic mass is 16.3. The van der Waals surface area contributed by atoms with E-state index in [-0.39, 0.29) is 12.5 Å². The molecule has 1 fully saturated rings. The van der Waals surface area contributed by atoms with E-state index in [0.717, 1.165) is 25.8 Å². The fourth-order valence-corrected chi connectivity index (χ4v) is 1.79. The summed E-state index contributed by atoms with van der Waals surface area (Å²) in [6, 6.07) is 0.382. The highest BCUT2D eigenvalue weighted by Crippen LogP contribution is 2.24. The average molecular weight is 214 g/mol. The van der Waals surface area contributed by atoms with Gasteiger partial charge in [0.1, 0.15) is 0 Å². The van der Waals surface area contributed by atoms with Crippen molar-refractivity contribution < 1.29 is 9.90 Å². The molecule has 4 nitrogen and oxygen atoms in total. The molecule has 0 aliphatic heterocycles. The van der Waals surface area contributed by atoms with Gasteiger partial charge in [0.25, 0.3) is 0 Å². The van der Waals surface area contributed by atoms with E-state index < -0.39 is 0 Å². The van der Waals surface area contributed by atoms with Crippen LogP contribution >= 0.6 is 0 Å². The first kappa shape index (κ1) is 12.5. The average Bonchev–Trinajstić information content (AvgIpc) is 2.14. The second-order valence-electron chi connectivity index (χ2n) is 4.07. The third-order valence-corrected chi connectivity index (χ3v) is 2.88. The number of nitrogens with zero attached hydrogens (tertiary/aromatic N) is 1. The number of hydrogen-bond donors (Lipinski definition) is 2. The van der Waals surface area contributed by atoms with Crippen LogP contribution in [0.3, 0.4) is 0 Å². The first-order valence-electron chi connectivity index (χ1n) is 5.90. The molecule has 1 saturated carbocycles. The van der Waals surface area contributed by atoms with E-state index in [1.807, 2.05) is 4.90 Å². The summed E-state index contributed by atoms with van der Waals surface area (Å²) in [4.78, 5) is 13.6. The molecule has 0 atom stereocenters. The maximum absolute atomic E-state index is 11.8. The summed E-state index contributed by atoms with van der Waals surface area (Å²) in [6.07, 6.45) is 4.44. The smallest absolute Gasteiger partial charge is 0.236 e. The van der Waals surface area contributed by atoms with Crippen LogP contribution < -0.4 is 5.32 Å². The molecule has 0 aromatic carbocycles. The minimum Gasteiger partial charge on any atom is -0.395 e. The minimum atomic E-state index is 0.0655. The molecule has 0 radical (unpaired) electrons. The van der Waals surface area contributed by atoms with Crippen LogP contribution in [0.2, 0.25) is 0 Å². The normalized spacial score (nSPS) is 16.1. The van der Waals surface area contributed by atoms with Gasteiger partial charge in [0.2, 0.25) is 5.91 Å². The second-order valence-corrected chi connectivity index (χ2v) is 4.07. The quantitative estimate of drug-likeness (QED) is 0.602. The summed E-state index contributed by atoms with van der Waals surface area (Å²) in [5.74, 6) is 0.127. The molecule has 0 heterocycles. The SMILES string of the molecule is CCCNCC(=O)N(CCO)C1CCC1. The van der Waals surface area contributed by atoms with Crippen molar-refractivity contribution in [2.24, 2.45) is 0 Å². The summed E-state index contributed by atoms with van der Waals surface area (Å²) in [7, 11) is 0. The van der Waals surface area contributed by atoms with E-state index in [0.29, 0.717) is 19.1 Å². The molecular formula is C11H22N2O2. The molecule has 0 unspecified atom stereocenters. The summed E-state index contributed by atoms with van der Waals surface area (Å²) < 4.78 is 0. The molecular weight excluding hydrogens is 192 g/mol. The second kappa shape index (κ2) is 6.80. The van der Waals surface area contributed by atoms with Gasteiger partial charge in [-0.1, -0.05) is 6.92 Å². The largest absolute Gasteiger partial charge is 0.395 e. The lowest BCUT2D eigenvalue weighted by Gasteiger charge is -2.37. The number of carbonyl (C=O) groups excluding carboxylic acids is 1. The zero-order chi connectivity index (χ0) is 11.1. The Hall–Kier alpha value is -0.610. The zero-order valence-corrected chi connectivity index (χ0v) is 9.54. The van der Waals surface area contributed by atoms with Crippen LogP contribution in [0.25, 0.3) is 0 Å².